The van der Waals surface area contributed by atoms with Crippen LogP contribution in [0.4, 0.5) is 0 Å². The lowest BCUT2D eigenvalue weighted by Gasteiger charge is -2.48. The molecule has 5 N–H and O–H groups in total. The Bertz CT molecular complexity index is 1970. The van der Waals surface area contributed by atoms with Crippen molar-refractivity contribution < 1.29 is 77.9 Å². The molecule has 17 nitrogen and oxygen atoms in total. The van der Waals surface area contributed by atoms with Gasteiger partial charge in [0.2, 0.25) is 5.78 Å². The van der Waals surface area contributed by atoms with Crippen LogP contribution in [0, 0.1) is 0 Å². The molecule has 0 aromatic heterocycles. The highest BCUT2D eigenvalue weighted by molar-refractivity contribution is 6.31. The zero-order valence-electron chi connectivity index (χ0n) is 33.4. The fourth-order valence-electron chi connectivity index (χ4n) is 9.12. The van der Waals surface area contributed by atoms with Crippen LogP contribution in [0.3, 0.4) is 0 Å². The number of Topliss-reactive ketones (excluding diaryl/α,β-unsaturated/α-hetero) is 1. The molecule has 3 fully saturated rings. The number of carbonyl (C=O) groups is 4. The molecule has 0 saturated carbocycles. The molecule has 2 aromatic carbocycles. The first kappa shape index (κ1) is 42.1. The number of aliphatic hydroxyl groups excluding tert-OH is 1. The van der Waals surface area contributed by atoms with Gasteiger partial charge >= 0.3 is 5.97 Å². The molecule has 17 heteroatoms. The monoisotopic (exact) mass is 813 g/mol. The summed E-state index contributed by atoms with van der Waals surface area (Å²) in [5.41, 5.74) is -3.67. The number of ketones is 3. The number of hydrogen-bond acceptors (Lipinski definition) is 17. The number of nitrogens with zero attached hydrogens (tertiary/aromatic N) is 1. The van der Waals surface area contributed by atoms with Crippen molar-refractivity contribution >= 4 is 23.3 Å². The van der Waals surface area contributed by atoms with E-state index in [0.29, 0.717) is 12.8 Å². The summed E-state index contributed by atoms with van der Waals surface area (Å²) in [6, 6.07) is 2.98. The van der Waals surface area contributed by atoms with Crippen molar-refractivity contribution in [1.82, 2.24) is 4.90 Å². The van der Waals surface area contributed by atoms with Crippen molar-refractivity contribution in [2.75, 3.05) is 21.2 Å². The van der Waals surface area contributed by atoms with Gasteiger partial charge < -0.3 is 63.6 Å². The number of aliphatic hydroxyl groups is 2. The molecular formula is C41H51NO16. The number of methoxy groups -OCH3 is 1. The van der Waals surface area contributed by atoms with E-state index in [1.165, 1.54) is 13.0 Å². The molecule has 2 aromatic rings. The summed E-state index contributed by atoms with van der Waals surface area (Å²) in [5.74, 6) is -5.95. The molecule has 3 saturated heterocycles. The van der Waals surface area contributed by atoms with Gasteiger partial charge in [-0.3, -0.25) is 19.2 Å². The molecule has 0 amide bonds. The Morgan fingerprint density at radius 3 is 2.05 bits per heavy atom. The van der Waals surface area contributed by atoms with Gasteiger partial charge in [-0.2, -0.15) is 0 Å². The van der Waals surface area contributed by atoms with Gasteiger partial charge in [-0.05, 0) is 65.6 Å². The molecule has 0 spiro atoms. The molecule has 58 heavy (non-hydrogen) atoms. The Balaban J connectivity index is 1.13. The zero-order chi connectivity index (χ0) is 42.1. The fraction of sp³-hybridized carbons (Fsp3) is 0.610. The van der Waals surface area contributed by atoms with E-state index in [4.69, 9.17) is 33.2 Å². The number of likely N-dealkylation sites (N-methyl/N-ethyl adjacent to an activating group) is 1. The van der Waals surface area contributed by atoms with Crippen molar-refractivity contribution in [3.63, 3.8) is 0 Å². The maximum absolute atomic E-state index is 13.9. The Morgan fingerprint density at radius 2 is 1.45 bits per heavy atom. The second kappa shape index (κ2) is 15.9. The van der Waals surface area contributed by atoms with Crippen molar-refractivity contribution in [2.45, 2.75) is 139 Å². The summed E-state index contributed by atoms with van der Waals surface area (Å²) in [6.07, 6.45) is -7.05. The molecule has 3 heterocycles. The summed E-state index contributed by atoms with van der Waals surface area (Å²) >= 11 is 0. The van der Waals surface area contributed by atoms with Crippen molar-refractivity contribution in [3.05, 3.63) is 51.6 Å². The highest BCUT2D eigenvalue weighted by Crippen LogP contribution is 2.53. The molecule has 2 aliphatic carbocycles. The van der Waals surface area contributed by atoms with Crippen LogP contribution in [0.15, 0.2) is 18.2 Å². The van der Waals surface area contributed by atoms with Crippen LogP contribution < -0.4 is 0 Å². The highest BCUT2D eigenvalue weighted by atomic mass is 16.7. The average Bonchev–Trinajstić information content (AvgIpc) is 3.14. The molecular weight excluding hydrogens is 762 g/mol. The number of fused-ring (bicyclic) bond motifs is 3. The lowest BCUT2D eigenvalue weighted by atomic mass is 9.68. The van der Waals surface area contributed by atoms with Crippen molar-refractivity contribution in [2.24, 2.45) is 0 Å². The van der Waals surface area contributed by atoms with E-state index in [0.717, 1.165) is 19.2 Å². The van der Waals surface area contributed by atoms with Gasteiger partial charge in [0.05, 0.1) is 53.8 Å². The quantitative estimate of drug-likeness (QED) is 0.162. The highest BCUT2D eigenvalue weighted by Gasteiger charge is 2.52. The minimum absolute atomic E-state index is 0.00171. The van der Waals surface area contributed by atoms with Gasteiger partial charge in [-0.15, -0.1) is 0 Å². The lowest BCUT2D eigenvalue weighted by Crippen LogP contribution is -2.58. The molecule has 5 aliphatic rings. The summed E-state index contributed by atoms with van der Waals surface area (Å²) in [4.78, 5) is 54.8. The van der Waals surface area contributed by atoms with Gasteiger partial charge in [0.15, 0.2) is 30.4 Å². The van der Waals surface area contributed by atoms with Gasteiger partial charge in [-0.1, -0.05) is 0 Å². The molecule has 13 atom stereocenters. The third-order valence-corrected chi connectivity index (χ3v) is 12.1. The van der Waals surface area contributed by atoms with Gasteiger partial charge in [0.1, 0.15) is 41.5 Å². The number of phenolic OH excluding ortho intramolecular Hbond substituents is 3. The normalized spacial score (nSPS) is 36.3. The first-order valence-electron chi connectivity index (χ1n) is 19.5. The molecule has 316 valence electrons. The maximum Gasteiger partial charge on any atom is 0.316 e. The van der Waals surface area contributed by atoms with Crippen molar-refractivity contribution in [1.29, 1.82) is 0 Å². The SMILES string of the molecule is COC(=O)[C@@H]1c2cc3c(c(O)c2[C@@H](O[C@H]2C[C@H](N(C)C)[C@H](O[C@H]4C[C@H](O)[C@H](O[C@H]5CCC(=O)[C@H](C)O5)[C@H](C)O4)[C@H](C)O2)C[C@@]1(C)O)C(=O)c1c(O)ccc(O)c1C3=O. The number of rotatable bonds is 8. The predicted molar refractivity (Wildman–Crippen MR) is 198 cm³/mol. The van der Waals surface area contributed by atoms with Gasteiger partial charge in [0, 0.05) is 49.3 Å². The van der Waals surface area contributed by atoms with Crippen LogP contribution in [-0.2, 0) is 42.7 Å². The average molecular weight is 814 g/mol. The third-order valence-electron chi connectivity index (χ3n) is 12.1. The van der Waals surface area contributed by atoms with E-state index < -0.39 is 125 Å². The van der Waals surface area contributed by atoms with E-state index >= 15 is 0 Å². The number of esters is 1. The van der Waals surface area contributed by atoms with E-state index in [9.17, 15) is 44.7 Å². The van der Waals surface area contributed by atoms with Crippen LogP contribution in [-0.4, -0.2) is 142 Å². The minimum Gasteiger partial charge on any atom is -0.507 e. The standard InChI is InChI=1S/C41H51NO16/c1-16-22(43)10-11-27(53-16)57-39-18(3)55-29(14-25(39)46)58-38-17(2)54-28(13-21(38)42(5)6)56-26-15-41(4,51)34(40(50)52-7)19-12-20-31(36(48)30(19)26)37(49)33-24(45)9-8-23(44)32(33)35(20)47/h8-9,12,16-18,21,25-29,34,38-39,44-46,48,51H,10-11,13-15H2,1-7H3/t16-,17-,18-,21-,25-,26-,27-,28-,29-,34-,38+,39+,41+/m0/s1. The van der Waals surface area contributed by atoms with Crippen LogP contribution in [0.2, 0.25) is 0 Å². The number of ether oxygens (including phenoxy) is 7. The fourth-order valence-corrected chi connectivity index (χ4v) is 9.12. The molecule has 0 radical (unpaired) electrons. The Kier molecular flexibility index (Phi) is 11.5. The summed E-state index contributed by atoms with van der Waals surface area (Å²) in [5, 5.41) is 56.0. The van der Waals surface area contributed by atoms with Crippen LogP contribution in [0.1, 0.15) is 115 Å². The number of benzene rings is 2. The number of aromatic hydroxyl groups is 3. The van der Waals surface area contributed by atoms with Gasteiger partial charge in [-0.25, -0.2) is 0 Å². The van der Waals surface area contributed by atoms with Gasteiger partial charge in [0.25, 0.3) is 0 Å². The summed E-state index contributed by atoms with van der Waals surface area (Å²) < 4.78 is 42.3. The molecule has 0 bridgehead atoms. The lowest BCUT2D eigenvalue weighted by molar-refractivity contribution is -0.324. The molecule has 3 aliphatic heterocycles. The summed E-state index contributed by atoms with van der Waals surface area (Å²) in [6.45, 7) is 6.61. The van der Waals surface area contributed by atoms with Crippen LogP contribution in [0.5, 0.6) is 17.2 Å². The maximum atomic E-state index is 13.9. The minimum atomic E-state index is -1.85. The Hall–Kier alpha value is -4.04. The Morgan fingerprint density at radius 1 is 0.845 bits per heavy atom. The smallest absolute Gasteiger partial charge is 0.316 e. The largest absolute Gasteiger partial charge is 0.507 e. The second-order valence-corrected chi connectivity index (χ2v) is 16.3. The molecule has 7 rings (SSSR count). The second-order valence-electron chi connectivity index (χ2n) is 16.3. The van der Waals surface area contributed by atoms with E-state index in [1.54, 1.807) is 20.8 Å². The van der Waals surface area contributed by atoms with Crippen molar-refractivity contribution in [3.8, 4) is 17.2 Å². The van der Waals surface area contributed by atoms with E-state index in [1.807, 2.05) is 19.0 Å². The zero-order valence-corrected chi connectivity index (χ0v) is 33.4. The summed E-state index contributed by atoms with van der Waals surface area (Å²) in [7, 11) is 4.83. The first-order chi connectivity index (χ1) is 27.3. The number of phenols is 3. The third kappa shape index (κ3) is 7.41. The first-order valence-corrected chi connectivity index (χ1v) is 19.5. The number of hydrogen-bond donors (Lipinski definition) is 5. The molecule has 0 unspecified atom stereocenters. The van der Waals surface area contributed by atoms with Crippen LogP contribution >= 0.6 is 0 Å². The van der Waals surface area contributed by atoms with E-state index in [2.05, 4.69) is 0 Å². The van der Waals surface area contributed by atoms with E-state index in [-0.39, 0.29) is 47.8 Å². The predicted octanol–water partition coefficient (Wildman–Crippen LogP) is 2.47. The van der Waals surface area contributed by atoms with Crippen LogP contribution in [0.25, 0.3) is 0 Å². The Labute approximate surface area is 334 Å². The number of carbonyl (C=O) groups excluding carboxylic acids is 4. The topological polar surface area (TPSA) is 237 Å².